The van der Waals surface area contributed by atoms with Gasteiger partial charge in [-0.25, -0.2) is 0 Å². The summed E-state index contributed by atoms with van der Waals surface area (Å²) in [6.45, 7) is 7.37. The molecule has 19 heavy (non-hydrogen) atoms. The van der Waals surface area contributed by atoms with E-state index in [-0.39, 0.29) is 5.92 Å². The molecule has 3 nitrogen and oxygen atoms in total. The summed E-state index contributed by atoms with van der Waals surface area (Å²) in [5.74, 6) is 0.702. The van der Waals surface area contributed by atoms with Crippen LogP contribution in [0.4, 0.5) is 0 Å². The third-order valence-corrected chi connectivity index (χ3v) is 4.62. The van der Waals surface area contributed by atoms with E-state index in [1.54, 1.807) is 0 Å². The van der Waals surface area contributed by atoms with Gasteiger partial charge in [0, 0.05) is 32.0 Å². The maximum absolute atomic E-state index is 12.1. The highest BCUT2D eigenvalue weighted by Crippen LogP contribution is 2.37. The number of rotatable bonds is 4. The van der Waals surface area contributed by atoms with Gasteiger partial charge in [-0.15, -0.1) is 0 Å². The van der Waals surface area contributed by atoms with Gasteiger partial charge in [0.1, 0.15) is 5.78 Å². The second kappa shape index (κ2) is 6.36. The Hall–Kier alpha value is -0.410. The van der Waals surface area contributed by atoms with Crippen molar-refractivity contribution in [2.75, 3.05) is 26.7 Å². The Morgan fingerprint density at radius 2 is 2.11 bits per heavy atom. The van der Waals surface area contributed by atoms with Crippen LogP contribution >= 0.6 is 0 Å². The third kappa shape index (κ3) is 4.57. The molecule has 0 N–H and O–H groups in total. The van der Waals surface area contributed by atoms with Crippen molar-refractivity contribution in [1.82, 2.24) is 4.90 Å². The molecule has 1 aliphatic heterocycles. The van der Waals surface area contributed by atoms with Crippen molar-refractivity contribution in [3.8, 4) is 0 Å². The second-order valence-electron chi connectivity index (χ2n) is 7.24. The zero-order valence-electron chi connectivity index (χ0n) is 12.8. The highest BCUT2D eigenvalue weighted by Gasteiger charge is 2.34. The highest BCUT2D eigenvalue weighted by atomic mass is 16.5. The van der Waals surface area contributed by atoms with Crippen LogP contribution in [0, 0.1) is 11.3 Å². The molecule has 0 aromatic heterocycles. The lowest BCUT2D eigenvalue weighted by atomic mass is 9.71. The van der Waals surface area contributed by atoms with Crippen LogP contribution in [0.15, 0.2) is 0 Å². The van der Waals surface area contributed by atoms with Gasteiger partial charge in [0.25, 0.3) is 0 Å². The van der Waals surface area contributed by atoms with Gasteiger partial charge in [-0.3, -0.25) is 4.79 Å². The van der Waals surface area contributed by atoms with E-state index < -0.39 is 0 Å². The smallest absolute Gasteiger partial charge is 0.137 e. The molecule has 1 saturated carbocycles. The fraction of sp³-hybridized carbons (Fsp3) is 0.938. The SMILES string of the molecule is CN(CC1CCCCO1)CC1CC(C)(C)CCC1=O. The standard InChI is InChI=1S/C16H29NO2/c1-16(2)8-7-15(18)13(10-16)11-17(3)12-14-6-4-5-9-19-14/h13-14H,4-12H2,1-3H3. The average Bonchev–Trinajstić information content (AvgIpc) is 2.35. The Balaban J connectivity index is 1.80. The van der Waals surface area contributed by atoms with Gasteiger partial charge in [-0.05, 0) is 44.6 Å². The first-order valence-electron chi connectivity index (χ1n) is 7.79. The fourth-order valence-electron chi connectivity index (χ4n) is 3.46. The first-order chi connectivity index (χ1) is 8.96. The first-order valence-corrected chi connectivity index (χ1v) is 7.79. The molecule has 1 saturated heterocycles. The Kier molecular flexibility index (Phi) is 5.02. The molecule has 2 atom stereocenters. The van der Waals surface area contributed by atoms with E-state index in [4.69, 9.17) is 4.74 Å². The molecule has 0 amide bonds. The van der Waals surface area contributed by atoms with Gasteiger partial charge in [-0.1, -0.05) is 13.8 Å². The summed E-state index contributed by atoms with van der Waals surface area (Å²) in [5.41, 5.74) is 0.334. The number of ether oxygens (including phenoxy) is 1. The van der Waals surface area contributed by atoms with Gasteiger partial charge < -0.3 is 9.64 Å². The van der Waals surface area contributed by atoms with E-state index in [1.165, 1.54) is 19.3 Å². The molecule has 1 heterocycles. The van der Waals surface area contributed by atoms with Crippen molar-refractivity contribution >= 4 is 5.78 Å². The molecule has 0 bridgehead atoms. The number of hydrogen-bond donors (Lipinski definition) is 0. The molecule has 0 aromatic carbocycles. The van der Waals surface area contributed by atoms with E-state index in [9.17, 15) is 4.79 Å². The Morgan fingerprint density at radius 3 is 2.79 bits per heavy atom. The molecule has 0 aromatic rings. The Labute approximate surface area is 117 Å². The molecular formula is C16H29NO2. The number of ketones is 1. The molecule has 3 heteroatoms. The predicted octanol–water partition coefficient (Wildman–Crippen LogP) is 2.88. The molecule has 2 fully saturated rings. The number of carbonyl (C=O) groups is 1. The summed E-state index contributed by atoms with van der Waals surface area (Å²) >= 11 is 0. The van der Waals surface area contributed by atoms with E-state index >= 15 is 0 Å². The van der Waals surface area contributed by atoms with Crippen molar-refractivity contribution in [3.63, 3.8) is 0 Å². The van der Waals surface area contributed by atoms with Crippen LogP contribution in [-0.4, -0.2) is 43.5 Å². The Morgan fingerprint density at radius 1 is 1.32 bits per heavy atom. The molecule has 2 aliphatic rings. The maximum atomic E-state index is 12.1. The van der Waals surface area contributed by atoms with E-state index in [1.807, 2.05) is 0 Å². The Bertz CT molecular complexity index is 308. The lowest BCUT2D eigenvalue weighted by Gasteiger charge is -2.36. The summed E-state index contributed by atoms with van der Waals surface area (Å²) in [7, 11) is 2.13. The number of hydrogen-bond acceptors (Lipinski definition) is 3. The molecule has 2 unspecified atom stereocenters. The lowest BCUT2D eigenvalue weighted by molar-refractivity contribution is -0.127. The average molecular weight is 267 g/mol. The molecule has 1 aliphatic carbocycles. The van der Waals surface area contributed by atoms with E-state index in [2.05, 4.69) is 25.8 Å². The molecule has 0 spiro atoms. The fourth-order valence-corrected chi connectivity index (χ4v) is 3.46. The summed E-state index contributed by atoms with van der Waals surface area (Å²) < 4.78 is 5.78. The maximum Gasteiger partial charge on any atom is 0.137 e. The molecule has 2 rings (SSSR count). The highest BCUT2D eigenvalue weighted by molar-refractivity contribution is 5.82. The monoisotopic (exact) mass is 267 g/mol. The summed E-state index contributed by atoms with van der Waals surface area (Å²) in [4.78, 5) is 14.4. The normalized spacial score (nSPS) is 31.7. The van der Waals surface area contributed by atoms with Crippen molar-refractivity contribution < 1.29 is 9.53 Å². The number of nitrogens with zero attached hydrogens (tertiary/aromatic N) is 1. The minimum atomic E-state index is 0.234. The molecule has 0 radical (unpaired) electrons. The topological polar surface area (TPSA) is 29.5 Å². The largest absolute Gasteiger partial charge is 0.377 e. The summed E-state index contributed by atoms with van der Waals surface area (Å²) in [6.07, 6.45) is 6.91. The number of carbonyl (C=O) groups excluding carboxylic acids is 1. The minimum Gasteiger partial charge on any atom is -0.377 e. The van der Waals surface area contributed by atoms with Crippen molar-refractivity contribution in [3.05, 3.63) is 0 Å². The quantitative estimate of drug-likeness (QED) is 0.784. The van der Waals surface area contributed by atoms with Gasteiger partial charge in [-0.2, -0.15) is 0 Å². The zero-order chi connectivity index (χ0) is 13.9. The van der Waals surface area contributed by atoms with Crippen LogP contribution in [-0.2, 0) is 9.53 Å². The number of likely N-dealkylation sites (N-methyl/N-ethyl adjacent to an activating group) is 1. The third-order valence-electron chi connectivity index (χ3n) is 4.62. The van der Waals surface area contributed by atoms with E-state index in [0.29, 0.717) is 17.3 Å². The van der Waals surface area contributed by atoms with Crippen LogP contribution in [0.3, 0.4) is 0 Å². The van der Waals surface area contributed by atoms with Crippen LogP contribution in [0.2, 0.25) is 0 Å². The number of Topliss-reactive ketones (excluding diaryl/α,β-unsaturated/α-hetero) is 1. The van der Waals surface area contributed by atoms with Gasteiger partial charge in [0.2, 0.25) is 0 Å². The summed E-state index contributed by atoms with van der Waals surface area (Å²) in [6, 6.07) is 0. The van der Waals surface area contributed by atoms with E-state index in [0.717, 1.165) is 39.0 Å². The van der Waals surface area contributed by atoms with Crippen LogP contribution in [0.25, 0.3) is 0 Å². The molecule has 110 valence electrons. The first kappa shape index (κ1) is 15.0. The van der Waals surface area contributed by atoms with Crippen LogP contribution < -0.4 is 0 Å². The minimum absolute atomic E-state index is 0.234. The zero-order valence-corrected chi connectivity index (χ0v) is 12.8. The summed E-state index contributed by atoms with van der Waals surface area (Å²) in [5, 5.41) is 0. The van der Waals surface area contributed by atoms with Crippen molar-refractivity contribution in [1.29, 1.82) is 0 Å². The molecular weight excluding hydrogens is 238 g/mol. The predicted molar refractivity (Wildman–Crippen MR) is 77.2 cm³/mol. The van der Waals surface area contributed by atoms with Crippen LogP contribution in [0.5, 0.6) is 0 Å². The van der Waals surface area contributed by atoms with Crippen molar-refractivity contribution in [2.24, 2.45) is 11.3 Å². The van der Waals surface area contributed by atoms with Crippen LogP contribution in [0.1, 0.15) is 52.4 Å². The van der Waals surface area contributed by atoms with Gasteiger partial charge in [0.15, 0.2) is 0 Å². The van der Waals surface area contributed by atoms with Gasteiger partial charge in [0.05, 0.1) is 6.10 Å². The van der Waals surface area contributed by atoms with Crippen molar-refractivity contribution in [2.45, 2.75) is 58.5 Å². The van der Waals surface area contributed by atoms with Gasteiger partial charge >= 0.3 is 0 Å². The lowest BCUT2D eigenvalue weighted by Crippen LogP contribution is -2.41. The second-order valence-corrected chi connectivity index (χ2v) is 7.24.